The molecule has 210 valence electrons. The smallest absolute Gasteiger partial charge is 0.408 e. The number of carbonyl (C=O) groups is 5. The van der Waals surface area contributed by atoms with Crippen molar-refractivity contribution in [1.29, 1.82) is 0 Å². The fourth-order valence-electron chi connectivity index (χ4n) is 5.24. The number of alkyl carbamates (subject to hydrolysis) is 1. The Balaban J connectivity index is 2.33. The van der Waals surface area contributed by atoms with Crippen molar-refractivity contribution in [3.8, 4) is 0 Å². The summed E-state index contributed by atoms with van der Waals surface area (Å²) in [6.45, 7) is 17.1. The number of ether oxygens (including phenoxy) is 1. The van der Waals surface area contributed by atoms with Gasteiger partial charge in [0.2, 0.25) is 17.6 Å². The molecule has 4 amide bonds. The number of Topliss-reactive ketones (excluding diaryl/α,β-unsaturated/α-hetero) is 1. The Morgan fingerprint density at radius 1 is 1.03 bits per heavy atom. The quantitative estimate of drug-likeness (QED) is 0.472. The Labute approximate surface area is 221 Å². The largest absolute Gasteiger partial charge is 0.444 e. The van der Waals surface area contributed by atoms with Gasteiger partial charge in [-0.05, 0) is 49.9 Å². The van der Waals surface area contributed by atoms with Crippen LogP contribution in [0.4, 0.5) is 4.79 Å². The van der Waals surface area contributed by atoms with Gasteiger partial charge < -0.3 is 25.2 Å². The van der Waals surface area contributed by atoms with Crippen LogP contribution in [0.2, 0.25) is 0 Å². The van der Waals surface area contributed by atoms with E-state index < -0.39 is 52.8 Å². The summed E-state index contributed by atoms with van der Waals surface area (Å²) < 4.78 is 5.39. The topological polar surface area (TPSA) is 125 Å². The van der Waals surface area contributed by atoms with Crippen molar-refractivity contribution >= 4 is 29.6 Å². The van der Waals surface area contributed by atoms with Crippen LogP contribution in [-0.4, -0.2) is 83.8 Å². The lowest BCUT2D eigenvalue weighted by Crippen LogP contribution is -2.60. The third-order valence-corrected chi connectivity index (χ3v) is 7.36. The van der Waals surface area contributed by atoms with Crippen molar-refractivity contribution in [1.82, 2.24) is 20.4 Å². The van der Waals surface area contributed by atoms with Crippen molar-refractivity contribution in [2.24, 2.45) is 22.7 Å². The monoisotopic (exact) mass is 522 g/mol. The minimum absolute atomic E-state index is 0.0828. The molecule has 0 aromatic carbocycles. The normalized spacial score (nSPS) is 23.9. The van der Waals surface area contributed by atoms with Gasteiger partial charge in [-0.25, -0.2) is 4.79 Å². The molecule has 10 heteroatoms. The van der Waals surface area contributed by atoms with Crippen LogP contribution < -0.4 is 10.6 Å². The first-order valence-corrected chi connectivity index (χ1v) is 13.1. The first kappa shape index (κ1) is 30.6. The minimum Gasteiger partial charge on any atom is -0.444 e. The molecule has 1 unspecified atom stereocenters. The summed E-state index contributed by atoms with van der Waals surface area (Å²) in [6, 6.07) is -2.70. The molecule has 0 spiro atoms. The van der Waals surface area contributed by atoms with Gasteiger partial charge in [-0.15, -0.1) is 0 Å². The van der Waals surface area contributed by atoms with Gasteiger partial charge in [-0.2, -0.15) is 0 Å². The summed E-state index contributed by atoms with van der Waals surface area (Å²) in [6.07, 6.45) is 0.198. The molecular formula is C27H46N4O6. The Morgan fingerprint density at radius 3 is 2.05 bits per heavy atom. The van der Waals surface area contributed by atoms with Gasteiger partial charge in [-0.3, -0.25) is 19.2 Å². The maximum absolute atomic E-state index is 13.9. The molecule has 1 saturated carbocycles. The third-order valence-electron chi connectivity index (χ3n) is 7.36. The van der Waals surface area contributed by atoms with Gasteiger partial charge in [0.15, 0.2) is 0 Å². The number of likely N-dealkylation sites (N-methyl/N-ethyl adjacent to an activating group) is 1. The highest BCUT2D eigenvalue weighted by Gasteiger charge is 2.70. The summed E-state index contributed by atoms with van der Waals surface area (Å²) in [5, 5.41) is 5.50. The number of fused-ring (bicyclic) bond motifs is 1. The molecule has 2 rings (SSSR count). The summed E-state index contributed by atoms with van der Waals surface area (Å²) in [5.41, 5.74) is -1.53. The second-order valence-corrected chi connectivity index (χ2v) is 13.2. The van der Waals surface area contributed by atoms with E-state index in [2.05, 4.69) is 24.5 Å². The lowest BCUT2D eigenvalue weighted by Gasteiger charge is -2.38. The van der Waals surface area contributed by atoms with E-state index >= 15 is 0 Å². The third kappa shape index (κ3) is 6.82. The zero-order chi connectivity index (χ0) is 28.7. The number of nitrogens with zero attached hydrogens (tertiary/aromatic N) is 2. The Hall–Kier alpha value is -2.65. The summed E-state index contributed by atoms with van der Waals surface area (Å²) in [5.74, 6) is -2.14. The number of nitrogens with one attached hydrogen (secondary N) is 2. The molecule has 5 atom stereocenters. The number of hydrogen-bond donors (Lipinski definition) is 2. The van der Waals surface area contributed by atoms with Gasteiger partial charge in [0.25, 0.3) is 5.91 Å². The molecule has 0 bridgehead atoms. The van der Waals surface area contributed by atoms with Gasteiger partial charge >= 0.3 is 6.09 Å². The molecule has 1 aliphatic carbocycles. The number of likely N-dealkylation sites (tertiary alicyclic amines) is 1. The number of carbonyl (C=O) groups excluding carboxylic acids is 5. The molecule has 2 N–H and O–H groups in total. The molecular weight excluding hydrogens is 476 g/mol. The van der Waals surface area contributed by atoms with E-state index in [1.54, 1.807) is 20.8 Å². The van der Waals surface area contributed by atoms with Crippen LogP contribution in [0.25, 0.3) is 0 Å². The summed E-state index contributed by atoms with van der Waals surface area (Å²) in [7, 11) is 2.98. The highest BCUT2D eigenvalue weighted by atomic mass is 16.6. The number of rotatable bonds is 8. The second kappa shape index (κ2) is 10.6. The van der Waals surface area contributed by atoms with Crippen molar-refractivity contribution in [3.05, 3.63) is 0 Å². The predicted molar refractivity (Wildman–Crippen MR) is 139 cm³/mol. The van der Waals surface area contributed by atoms with E-state index in [1.165, 1.54) is 23.9 Å². The van der Waals surface area contributed by atoms with Crippen LogP contribution in [0, 0.1) is 22.7 Å². The number of amides is 4. The first-order chi connectivity index (χ1) is 16.7. The number of ketones is 1. The maximum Gasteiger partial charge on any atom is 0.408 e. The van der Waals surface area contributed by atoms with Crippen LogP contribution in [0.15, 0.2) is 0 Å². The highest BCUT2D eigenvalue weighted by molar-refractivity contribution is 6.38. The van der Waals surface area contributed by atoms with E-state index in [-0.39, 0.29) is 23.2 Å². The van der Waals surface area contributed by atoms with Crippen molar-refractivity contribution in [2.45, 2.75) is 98.9 Å². The lowest BCUT2D eigenvalue weighted by molar-refractivity contribution is -0.147. The van der Waals surface area contributed by atoms with Crippen LogP contribution in [0.3, 0.4) is 0 Å². The highest BCUT2D eigenvalue weighted by Crippen LogP contribution is 2.65. The van der Waals surface area contributed by atoms with Crippen LogP contribution in [-0.2, 0) is 23.9 Å². The number of piperidine rings is 1. The van der Waals surface area contributed by atoms with E-state index in [0.29, 0.717) is 19.4 Å². The standard InChI is InChI=1S/C27H46N4O6/c1-12-13-16(19(32)22(34)30(10)11)28-21(33)18-17-15(27(17,8)9)14-31(18)23(35)20(25(2,3)4)29-24(36)37-26(5,6)7/h15-18,20H,12-14H2,1-11H3,(H,28,33)(H,29,36)/t15-,16?,17-,18-,20+/m0/s1. The van der Waals surface area contributed by atoms with E-state index in [1.807, 2.05) is 27.7 Å². The van der Waals surface area contributed by atoms with Crippen molar-refractivity contribution < 1.29 is 28.7 Å². The molecule has 2 aliphatic rings. The molecule has 1 heterocycles. The fourth-order valence-corrected chi connectivity index (χ4v) is 5.24. The zero-order valence-corrected chi connectivity index (χ0v) is 24.4. The minimum atomic E-state index is -0.969. The van der Waals surface area contributed by atoms with Crippen LogP contribution in [0.5, 0.6) is 0 Å². The molecule has 10 nitrogen and oxygen atoms in total. The van der Waals surface area contributed by atoms with E-state index in [9.17, 15) is 24.0 Å². The second-order valence-electron chi connectivity index (χ2n) is 13.2. The first-order valence-electron chi connectivity index (χ1n) is 13.1. The Bertz CT molecular complexity index is 930. The molecule has 0 radical (unpaired) electrons. The van der Waals surface area contributed by atoms with E-state index in [0.717, 1.165) is 0 Å². The van der Waals surface area contributed by atoms with Gasteiger partial charge in [0, 0.05) is 20.6 Å². The Morgan fingerprint density at radius 2 is 1.59 bits per heavy atom. The molecule has 0 aromatic rings. The summed E-state index contributed by atoms with van der Waals surface area (Å²) >= 11 is 0. The average Bonchev–Trinajstić information content (AvgIpc) is 3.08. The maximum atomic E-state index is 13.9. The Kier molecular flexibility index (Phi) is 8.77. The van der Waals surface area contributed by atoms with Crippen LogP contribution in [0.1, 0.15) is 75.2 Å². The SMILES string of the molecule is CCCC(NC(=O)[C@@H]1[C@@H]2[C@H](CN1C(=O)[C@@H](NC(=O)OC(C)(C)C)C(C)(C)C)C2(C)C)C(=O)C(=O)N(C)C. The van der Waals surface area contributed by atoms with Crippen molar-refractivity contribution in [3.63, 3.8) is 0 Å². The molecule has 1 saturated heterocycles. The van der Waals surface area contributed by atoms with Crippen molar-refractivity contribution in [2.75, 3.05) is 20.6 Å². The van der Waals surface area contributed by atoms with Gasteiger partial charge in [0.1, 0.15) is 17.7 Å². The van der Waals surface area contributed by atoms with Gasteiger partial charge in [-0.1, -0.05) is 48.0 Å². The van der Waals surface area contributed by atoms with E-state index in [4.69, 9.17) is 4.74 Å². The molecule has 0 aromatic heterocycles. The molecule has 2 fully saturated rings. The van der Waals surface area contributed by atoms with Crippen LogP contribution >= 0.6 is 0 Å². The molecule has 37 heavy (non-hydrogen) atoms. The number of hydrogen-bond acceptors (Lipinski definition) is 6. The average molecular weight is 523 g/mol. The predicted octanol–water partition coefficient (Wildman–Crippen LogP) is 2.35. The van der Waals surface area contributed by atoms with Gasteiger partial charge in [0.05, 0.1) is 6.04 Å². The molecule has 1 aliphatic heterocycles. The summed E-state index contributed by atoms with van der Waals surface area (Å²) in [4.78, 5) is 67.9. The lowest BCUT2D eigenvalue weighted by atomic mass is 9.85. The zero-order valence-electron chi connectivity index (χ0n) is 24.4. The fraction of sp³-hybridized carbons (Fsp3) is 0.815.